The molecule has 1 N–H and O–H groups in total. The lowest BCUT2D eigenvalue weighted by Crippen LogP contribution is -2.49. The van der Waals surface area contributed by atoms with Gasteiger partial charge in [0.15, 0.2) is 0 Å². The Balaban J connectivity index is 2.15. The van der Waals surface area contributed by atoms with Crippen LogP contribution in [0.15, 0.2) is 24.3 Å². The van der Waals surface area contributed by atoms with E-state index in [4.69, 9.17) is 0 Å². The topological polar surface area (TPSA) is 49.4 Å². The van der Waals surface area contributed by atoms with E-state index >= 15 is 0 Å². The number of carbonyl (C=O) groups excluding carboxylic acids is 2. The molecule has 1 aliphatic heterocycles. The summed E-state index contributed by atoms with van der Waals surface area (Å²) in [6.45, 7) is 7.94. The smallest absolute Gasteiger partial charge is 0.248 e. The molecule has 0 aliphatic carbocycles. The van der Waals surface area contributed by atoms with Crippen molar-refractivity contribution in [1.29, 1.82) is 0 Å². The first-order chi connectivity index (χ1) is 11.3. The Morgan fingerprint density at radius 3 is 2.42 bits per heavy atom. The van der Waals surface area contributed by atoms with Crippen molar-refractivity contribution in [2.45, 2.75) is 45.5 Å². The number of nitrogens with one attached hydrogen (secondary N) is 1. The van der Waals surface area contributed by atoms with Crippen LogP contribution in [0.1, 0.15) is 34.1 Å². The van der Waals surface area contributed by atoms with E-state index in [2.05, 4.69) is 19.2 Å². The third-order valence-corrected chi connectivity index (χ3v) is 5.24. The fourth-order valence-corrected chi connectivity index (χ4v) is 4.35. The summed E-state index contributed by atoms with van der Waals surface area (Å²) in [5.41, 5.74) is 0.538. The molecular weight excluding hydrogens is 327 g/mol. The Hall–Kier alpha value is -1.56. The van der Waals surface area contributed by atoms with Crippen LogP contribution in [-0.2, 0) is 9.59 Å². The predicted molar refractivity (Wildman–Crippen MR) is 96.2 cm³/mol. The summed E-state index contributed by atoms with van der Waals surface area (Å²) in [6.07, 6.45) is 0.865. The Kier molecular flexibility index (Phi) is 6.27. The van der Waals surface area contributed by atoms with Crippen LogP contribution in [0, 0.1) is 17.7 Å². The van der Waals surface area contributed by atoms with Crippen molar-refractivity contribution < 1.29 is 14.0 Å². The Morgan fingerprint density at radius 1 is 1.25 bits per heavy atom. The van der Waals surface area contributed by atoms with Crippen LogP contribution in [0.4, 0.5) is 10.1 Å². The van der Waals surface area contributed by atoms with E-state index in [0.717, 1.165) is 6.42 Å². The summed E-state index contributed by atoms with van der Waals surface area (Å²) >= 11 is 1.66. The minimum absolute atomic E-state index is 0.00454. The van der Waals surface area contributed by atoms with Gasteiger partial charge in [-0.15, -0.1) is 11.8 Å². The van der Waals surface area contributed by atoms with Gasteiger partial charge in [-0.1, -0.05) is 27.7 Å². The minimum atomic E-state index is -0.487. The number of nitrogens with zero attached hydrogens (tertiary/aromatic N) is 1. The van der Waals surface area contributed by atoms with E-state index in [1.165, 1.54) is 24.3 Å². The first-order valence-corrected chi connectivity index (χ1v) is 9.34. The standard InChI is InChI=1S/C18H25FN2O2S/c1-11(2)9-16-21(18(23)12(3)4)15(10-24-16)17(22)20-14-7-5-13(19)6-8-14/h5-8,11-12,15-16H,9-10H2,1-4H3,(H,20,22). The molecule has 1 saturated heterocycles. The number of halogens is 1. The highest BCUT2D eigenvalue weighted by Crippen LogP contribution is 2.35. The summed E-state index contributed by atoms with van der Waals surface area (Å²) in [5.74, 6) is 0.323. The molecule has 0 radical (unpaired) electrons. The SMILES string of the molecule is CC(C)CC1SCC(C(=O)Nc2ccc(F)cc2)N1C(=O)C(C)C. The fourth-order valence-electron chi connectivity index (χ4n) is 2.70. The molecule has 2 rings (SSSR count). The second-order valence-corrected chi connectivity index (χ2v) is 8.04. The molecule has 2 amide bonds. The van der Waals surface area contributed by atoms with E-state index < -0.39 is 6.04 Å². The minimum Gasteiger partial charge on any atom is -0.324 e. The maximum atomic E-state index is 13.0. The third-order valence-electron chi connectivity index (χ3n) is 3.93. The van der Waals surface area contributed by atoms with Crippen LogP contribution >= 0.6 is 11.8 Å². The Labute approximate surface area is 147 Å². The van der Waals surface area contributed by atoms with Crippen molar-refractivity contribution in [1.82, 2.24) is 4.90 Å². The van der Waals surface area contributed by atoms with Crippen LogP contribution < -0.4 is 5.32 Å². The second-order valence-electron chi connectivity index (χ2n) is 6.83. The van der Waals surface area contributed by atoms with E-state index in [0.29, 0.717) is 17.4 Å². The molecule has 4 nitrogen and oxygen atoms in total. The third kappa shape index (κ3) is 4.50. The quantitative estimate of drug-likeness (QED) is 0.878. The molecule has 1 aliphatic rings. The maximum Gasteiger partial charge on any atom is 0.248 e. The molecule has 1 aromatic carbocycles. The van der Waals surface area contributed by atoms with Gasteiger partial charge in [-0.3, -0.25) is 9.59 Å². The molecule has 2 unspecified atom stereocenters. The van der Waals surface area contributed by atoms with Crippen LogP contribution in [0.3, 0.4) is 0 Å². The molecule has 6 heteroatoms. The van der Waals surface area contributed by atoms with Crippen LogP contribution in [-0.4, -0.2) is 33.9 Å². The number of benzene rings is 1. The molecule has 1 heterocycles. The summed E-state index contributed by atoms with van der Waals surface area (Å²) in [7, 11) is 0. The van der Waals surface area contributed by atoms with Gasteiger partial charge < -0.3 is 10.2 Å². The summed E-state index contributed by atoms with van der Waals surface area (Å²) in [4.78, 5) is 27.0. The number of anilines is 1. The van der Waals surface area contributed by atoms with Gasteiger partial charge in [0.25, 0.3) is 0 Å². The molecule has 24 heavy (non-hydrogen) atoms. The molecule has 2 atom stereocenters. The number of amides is 2. The molecule has 132 valence electrons. The van der Waals surface area contributed by atoms with E-state index in [9.17, 15) is 14.0 Å². The second kappa shape index (κ2) is 8.01. The van der Waals surface area contributed by atoms with E-state index in [1.807, 2.05) is 13.8 Å². The van der Waals surface area contributed by atoms with Crippen LogP contribution in [0.2, 0.25) is 0 Å². The van der Waals surface area contributed by atoms with Gasteiger partial charge in [0.1, 0.15) is 11.9 Å². The van der Waals surface area contributed by atoms with Gasteiger partial charge in [0.05, 0.1) is 5.37 Å². The van der Waals surface area contributed by atoms with Crippen molar-refractivity contribution >= 4 is 29.3 Å². The van der Waals surface area contributed by atoms with Crippen molar-refractivity contribution in [3.05, 3.63) is 30.1 Å². The molecular formula is C18H25FN2O2S. The number of thioether (sulfide) groups is 1. The first kappa shape index (κ1) is 18.8. The Morgan fingerprint density at radius 2 is 1.88 bits per heavy atom. The number of rotatable bonds is 5. The number of hydrogen-bond donors (Lipinski definition) is 1. The zero-order valence-electron chi connectivity index (χ0n) is 14.6. The molecule has 1 fully saturated rings. The average molecular weight is 352 g/mol. The van der Waals surface area contributed by atoms with E-state index in [1.54, 1.807) is 16.7 Å². The lowest BCUT2D eigenvalue weighted by molar-refractivity contribution is -0.140. The van der Waals surface area contributed by atoms with Crippen molar-refractivity contribution in [3.63, 3.8) is 0 Å². The van der Waals surface area contributed by atoms with Crippen molar-refractivity contribution in [3.8, 4) is 0 Å². The van der Waals surface area contributed by atoms with Gasteiger partial charge >= 0.3 is 0 Å². The van der Waals surface area contributed by atoms with Gasteiger partial charge in [-0.2, -0.15) is 0 Å². The van der Waals surface area contributed by atoms with Crippen LogP contribution in [0.5, 0.6) is 0 Å². The summed E-state index contributed by atoms with van der Waals surface area (Å²) in [6, 6.07) is 5.17. The Bertz CT molecular complexity index is 589. The largest absolute Gasteiger partial charge is 0.324 e. The lowest BCUT2D eigenvalue weighted by atomic mass is 10.1. The normalized spacial score (nSPS) is 20.7. The summed E-state index contributed by atoms with van der Waals surface area (Å²) in [5, 5.41) is 2.83. The molecule has 0 saturated carbocycles. The number of carbonyl (C=O) groups is 2. The van der Waals surface area contributed by atoms with Crippen LogP contribution in [0.25, 0.3) is 0 Å². The first-order valence-electron chi connectivity index (χ1n) is 8.29. The van der Waals surface area contributed by atoms with Gasteiger partial charge in [0.2, 0.25) is 11.8 Å². The molecule has 0 aromatic heterocycles. The highest BCUT2D eigenvalue weighted by molar-refractivity contribution is 8.00. The zero-order chi connectivity index (χ0) is 17.9. The monoisotopic (exact) mass is 352 g/mol. The van der Waals surface area contributed by atoms with Gasteiger partial charge in [0, 0.05) is 17.4 Å². The van der Waals surface area contributed by atoms with Gasteiger partial charge in [-0.05, 0) is 36.6 Å². The average Bonchev–Trinajstić information content (AvgIpc) is 2.91. The highest BCUT2D eigenvalue weighted by atomic mass is 32.2. The molecule has 1 aromatic rings. The summed E-state index contributed by atoms with van der Waals surface area (Å²) < 4.78 is 13.0. The maximum absolute atomic E-state index is 13.0. The van der Waals surface area contributed by atoms with E-state index in [-0.39, 0.29) is 28.9 Å². The van der Waals surface area contributed by atoms with Crippen molar-refractivity contribution in [2.75, 3.05) is 11.1 Å². The van der Waals surface area contributed by atoms with Crippen molar-refractivity contribution in [2.24, 2.45) is 11.8 Å². The van der Waals surface area contributed by atoms with Gasteiger partial charge in [-0.25, -0.2) is 4.39 Å². The molecule has 0 spiro atoms. The number of hydrogen-bond acceptors (Lipinski definition) is 3. The predicted octanol–water partition coefficient (Wildman–Crippen LogP) is 3.74. The fraction of sp³-hybridized carbons (Fsp3) is 0.556. The highest BCUT2D eigenvalue weighted by Gasteiger charge is 2.42. The zero-order valence-corrected chi connectivity index (χ0v) is 15.4. The lowest BCUT2D eigenvalue weighted by Gasteiger charge is -2.31. The molecule has 0 bridgehead atoms.